The van der Waals surface area contributed by atoms with Gasteiger partial charge in [0.2, 0.25) is 0 Å². The Bertz CT molecular complexity index is 364. The van der Waals surface area contributed by atoms with Crippen LogP contribution in [-0.2, 0) is 4.79 Å². The molecule has 1 atom stereocenters. The van der Waals surface area contributed by atoms with E-state index < -0.39 is 12.1 Å². The highest BCUT2D eigenvalue weighted by Crippen LogP contribution is 2.33. The molecule has 0 bridgehead atoms. The van der Waals surface area contributed by atoms with Crippen molar-refractivity contribution in [2.75, 3.05) is 7.11 Å². The van der Waals surface area contributed by atoms with Gasteiger partial charge in [-0.2, -0.15) is 0 Å². The molecule has 0 amide bonds. The molecule has 0 aliphatic carbocycles. The van der Waals surface area contributed by atoms with Crippen LogP contribution in [0.5, 0.6) is 5.75 Å². The molecule has 0 unspecified atom stereocenters. The third kappa shape index (κ3) is 2.94. The fraction of sp³-hybridized carbons (Fsp3) is 0.300. The summed E-state index contributed by atoms with van der Waals surface area (Å²) in [5, 5.41) is 18.2. The molecular formula is C10H11BrO4. The van der Waals surface area contributed by atoms with Gasteiger partial charge < -0.3 is 14.9 Å². The smallest absolute Gasteiger partial charge is 0.306 e. The summed E-state index contributed by atoms with van der Waals surface area (Å²) in [5.74, 6) is -0.478. The van der Waals surface area contributed by atoms with Crippen molar-refractivity contribution in [1.29, 1.82) is 0 Å². The van der Waals surface area contributed by atoms with E-state index in [1.54, 1.807) is 18.2 Å². The van der Waals surface area contributed by atoms with Gasteiger partial charge in [0, 0.05) is 0 Å². The Morgan fingerprint density at radius 1 is 1.60 bits per heavy atom. The number of ether oxygens (including phenoxy) is 1. The minimum absolute atomic E-state index is 0.328. The van der Waals surface area contributed by atoms with E-state index in [-0.39, 0.29) is 6.42 Å². The fourth-order valence-electron chi connectivity index (χ4n) is 1.22. The van der Waals surface area contributed by atoms with E-state index in [0.717, 1.165) is 0 Å². The van der Waals surface area contributed by atoms with Crippen molar-refractivity contribution >= 4 is 21.9 Å². The summed E-state index contributed by atoms with van der Waals surface area (Å²) in [4.78, 5) is 10.4. The van der Waals surface area contributed by atoms with Crippen LogP contribution in [0.3, 0.4) is 0 Å². The Morgan fingerprint density at radius 2 is 2.27 bits per heavy atom. The third-order valence-corrected chi connectivity index (χ3v) is 2.79. The van der Waals surface area contributed by atoms with E-state index in [2.05, 4.69) is 15.9 Å². The first kappa shape index (κ1) is 12.0. The maximum atomic E-state index is 10.4. The first-order chi connectivity index (χ1) is 7.06. The standard InChI is InChI=1S/C10H11BrO4/c1-15-8-4-2-3-6(10(8)11)7(12)5-9(13)14/h2-4,7,12H,5H2,1H3,(H,13,14)/t7-/m1/s1. The summed E-state index contributed by atoms with van der Waals surface area (Å²) < 4.78 is 5.62. The number of aliphatic carboxylic acids is 1. The van der Waals surface area contributed by atoms with Crippen molar-refractivity contribution in [1.82, 2.24) is 0 Å². The lowest BCUT2D eigenvalue weighted by Gasteiger charge is -2.12. The minimum atomic E-state index is -1.04. The van der Waals surface area contributed by atoms with Crippen molar-refractivity contribution in [3.05, 3.63) is 28.2 Å². The molecule has 0 radical (unpaired) electrons. The molecule has 4 nitrogen and oxygen atoms in total. The molecule has 0 aliphatic heterocycles. The van der Waals surface area contributed by atoms with Crippen LogP contribution in [0.15, 0.2) is 22.7 Å². The second kappa shape index (κ2) is 5.14. The Balaban J connectivity index is 2.98. The summed E-state index contributed by atoms with van der Waals surface area (Å²) in [5.41, 5.74) is 0.511. The Labute approximate surface area is 95.6 Å². The molecule has 1 aromatic rings. The number of benzene rings is 1. The quantitative estimate of drug-likeness (QED) is 0.881. The number of aliphatic hydroxyl groups is 1. The van der Waals surface area contributed by atoms with Gasteiger partial charge in [0.05, 0.1) is 24.1 Å². The topological polar surface area (TPSA) is 66.8 Å². The average Bonchev–Trinajstić information content (AvgIpc) is 2.17. The van der Waals surface area contributed by atoms with Crippen LogP contribution < -0.4 is 4.74 Å². The molecule has 5 heteroatoms. The van der Waals surface area contributed by atoms with E-state index in [1.807, 2.05) is 0 Å². The van der Waals surface area contributed by atoms with Gasteiger partial charge in [-0.15, -0.1) is 0 Å². The summed E-state index contributed by atoms with van der Waals surface area (Å²) in [6.07, 6.45) is -1.36. The highest BCUT2D eigenvalue weighted by molar-refractivity contribution is 9.10. The second-order valence-corrected chi connectivity index (χ2v) is 3.77. The SMILES string of the molecule is COc1cccc([C@H](O)CC(=O)O)c1Br. The lowest BCUT2D eigenvalue weighted by Crippen LogP contribution is -2.06. The molecule has 0 aromatic heterocycles. The van der Waals surface area contributed by atoms with Crippen molar-refractivity contribution in [2.45, 2.75) is 12.5 Å². The molecule has 0 saturated carbocycles. The zero-order chi connectivity index (χ0) is 11.4. The molecule has 0 aliphatic rings. The number of carbonyl (C=O) groups is 1. The highest BCUT2D eigenvalue weighted by atomic mass is 79.9. The van der Waals surface area contributed by atoms with E-state index in [1.165, 1.54) is 7.11 Å². The lowest BCUT2D eigenvalue weighted by atomic mass is 10.1. The van der Waals surface area contributed by atoms with Gasteiger partial charge in [-0.05, 0) is 27.6 Å². The maximum Gasteiger partial charge on any atom is 0.306 e. The van der Waals surface area contributed by atoms with Gasteiger partial charge >= 0.3 is 5.97 Å². The molecule has 1 aromatic carbocycles. The Morgan fingerprint density at radius 3 is 2.80 bits per heavy atom. The second-order valence-electron chi connectivity index (χ2n) is 2.98. The van der Waals surface area contributed by atoms with Crippen molar-refractivity contribution < 1.29 is 19.7 Å². The number of halogens is 1. The predicted molar refractivity (Wildman–Crippen MR) is 57.9 cm³/mol. The Kier molecular flexibility index (Phi) is 4.11. The number of hydrogen-bond donors (Lipinski definition) is 2. The molecule has 15 heavy (non-hydrogen) atoms. The number of hydrogen-bond acceptors (Lipinski definition) is 3. The highest BCUT2D eigenvalue weighted by Gasteiger charge is 2.16. The van der Waals surface area contributed by atoms with Crippen LogP contribution in [-0.4, -0.2) is 23.3 Å². The van der Waals surface area contributed by atoms with Crippen molar-refractivity contribution in [3.8, 4) is 5.75 Å². The zero-order valence-electron chi connectivity index (χ0n) is 8.11. The fourth-order valence-corrected chi connectivity index (χ4v) is 1.91. The van der Waals surface area contributed by atoms with Gasteiger partial charge in [-0.3, -0.25) is 4.79 Å². The molecule has 1 rings (SSSR count). The van der Waals surface area contributed by atoms with Crippen LogP contribution in [0.25, 0.3) is 0 Å². The molecule has 82 valence electrons. The van der Waals surface area contributed by atoms with E-state index in [9.17, 15) is 9.90 Å². The van der Waals surface area contributed by atoms with Gasteiger partial charge in [0.1, 0.15) is 5.75 Å². The van der Waals surface area contributed by atoms with Crippen LogP contribution in [0, 0.1) is 0 Å². The first-order valence-electron chi connectivity index (χ1n) is 4.28. The lowest BCUT2D eigenvalue weighted by molar-refractivity contribution is -0.139. The van der Waals surface area contributed by atoms with E-state index in [0.29, 0.717) is 15.8 Å². The van der Waals surface area contributed by atoms with E-state index >= 15 is 0 Å². The number of methoxy groups -OCH3 is 1. The molecular weight excluding hydrogens is 264 g/mol. The number of aliphatic hydroxyl groups excluding tert-OH is 1. The van der Waals surface area contributed by atoms with Gasteiger partial charge in [-0.1, -0.05) is 12.1 Å². The summed E-state index contributed by atoms with van der Waals surface area (Å²) in [7, 11) is 1.51. The first-order valence-corrected chi connectivity index (χ1v) is 5.07. The molecule has 2 N–H and O–H groups in total. The largest absolute Gasteiger partial charge is 0.496 e. The Hall–Kier alpha value is -1.07. The van der Waals surface area contributed by atoms with E-state index in [4.69, 9.17) is 9.84 Å². The van der Waals surface area contributed by atoms with Crippen LogP contribution >= 0.6 is 15.9 Å². The summed E-state index contributed by atoms with van der Waals surface area (Å²) >= 11 is 3.25. The van der Waals surface area contributed by atoms with Crippen molar-refractivity contribution in [2.24, 2.45) is 0 Å². The summed E-state index contributed by atoms with van der Waals surface area (Å²) in [6.45, 7) is 0. The van der Waals surface area contributed by atoms with Crippen LogP contribution in [0.1, 0.15) is 18.1 Å². The average molecular weight is 275 g/mol. The number of carboxylic acid groups (broad SMARTS) is 1. The monoisotopic (exact) mass is 274 g/mol. The minimum Gasteiger partial charge on any atom is -0.496 e. The van der Waals surface area contributed by atoms with Gasteiger partial charge in [-0.25, -0.2) is 0 Å². The molecule has 0 spiro atoms. The molecule has 0 fully saturated rings. The number of rotatable bonds is 4. The number of carboxylic acids is 1. The maximum absolute atomic E-state index is 10.4. The van der Waals surface area contributed by atoms with Crippen LogP contribution in [0.2, 0.25) is 0 Å². The normalized spacial score (nSPS) is 12.2. The zero-order valence-corrected chi connectivity index (χ0v) is 9.69. The molecule has 0 saturated heterocycles. The van der Waals surface area contributed by atoms with Gasteiger partial charge in [0.25, 0.3) is 0 Å². The van der Waals surface area contributed by atoms with Gasteiger partial charge in [0.15, 0.2) is 0 Å². The van der Waals surface area contributed by atoms with Crippen molar-refractivity contribution in [3.63, 3.8) is 0 Å². The molecule has 0 heterocycles. The predicted octanol–water partition coefficient (Wildman–Crippen LogP) is 1.97. The van der Waals surface area contributed by atoms with Crippen LogP contribution in [0.4, 0.5) is 0 Å². The summed E-state index contributed by atoms with van der Waals surface area (Å²) in [6, 6.07) is 5.07. The third-order valence-electron chi connectivity index (χ3n) is 1.94.